The van der Waals surface area contributed by atoms with Crippen LogP contribution in [0, 0.1) is 11.3 Å². The Morgan fingerprint density at radius 3 is 2.61 bits per heavy atom. The number of rotatable bonds is 4. The maximum absolute atomic E-state index is 12.8. The molecular weight excluding hydrogens is 309 g/mol. The quantitative estimate of drug-likeness (QED) is 0.936. The molecule has 0 unspecified atom stereocenters. The van der Waals surface area contributed by atoms with Crippen molar-refractivity contribution in [3.05, 3.63) is 59.7 Å². The fourth-order valence-corrected chi connectivity index (χ4v) is 1.83. The molecule has 0 saturated carbocycles. The van der Waals surface area contributed by atoms with E-state index in [0.29, 0.717) is 11.3 Å². The van der Waals surface area contributed by atoms with Gasteiger partial charge >= 0.3 is 6.18 Å². The standard InChI is InChI=1S/C16H11F3N2O2/c17-16(18,19)13-6-1-2-7-14(13)23-10-15(22)21-12-5-3-4-11(8-12)9-20/h1-8H,10H2,(H,21,22). The highest BCUT2D eigenvalue weighted by Gasteiger charge is 2.34. The molecule has 1 amide bonds. The van der Waals surface area contributed by atoms with Crippen molar-refractivity contribution < 1.29 is 22.7 Å². The Kier molecular flexibility index (Phi) is 4.86. The Balaban J connectivity index is 2.01. The van der Waals surface area contributed by atoms with Gasteiger partial charge in [0.25, 0.3) is 5.91 Å². The third-order valence-electron chi connectivity index (χ3n) is 2.83. The predicted octanol–water partition coefficient (Wildman–Crippen LogP) is 3.59. The van der Waals surface area contributed by atoms with Crippen LogP contribution in [0.4, 0.5) is 18.9 Å². The first-order valence-corrected chi connectivity index (χ1v) is 6.49. The molecule has 0 heterocycles. The molecule has 0 aromatic heterocycles. The Morgan fingerprint density at radius 1 is 1.17 bits per heavy atom. The molecule has 4 nitrogen and oxygen atoms in total. The molecule has 23 heavy (non-hydrogen) atoms. The van der Waals surface area contributed by atoms with Gasteiger partial charge < -0.3 is 10.1 Å². The highest BCUT2D eigenvalue weighted by atomic mass is 19.4. The predicted molar refractivity (Wildman–Crippen MR) is 76.7 cm³/mol. The van der Waals surface area contributed by atoms with Crippen LogP contribution in [0.2, 0.25) is 0 Å². The van der Waals surface area contributed by atoms with Crippen LogP contribution < -0.4 is 10.1 Å². The molecule has 2 aromatic rings. The summed E-state index contributed by atoms with van der Waals surface area (Å²) >= 11 is 0. The van der Waals surface area contributed by atoms with Gasteiger partial charge in [-0.3, -0.25) is 4.79 Å². The second kappa shape index (κ2) is 6.83. The summed E-state index contributed by atoms with van der Waals surface area (Å²) in [5.74, 6) is -1.04. The van der Waals surface area contributed by atoms with Crippen molar-refractivity contribution in [2.45, 2.75) is 6.18 Å². The molecule has 2 aromatic carbocycles. The van der Waals surface area contributed by atoms with Gasteiger partial charge in [-0.15, -0.1) is 0 Å². The van der Waals surface area contributed by atoms with Crippen molar-refractivity contribution in [3.63, 3.8) is 0 Å². The molecule has 0 saturated heterocycles. The van der Waals surface area contributed by atoms with Gasteiger partial charge in [-0.05, 0) is 30.3 Å². The minimum Gasteiger partial charge on any atom is -0.483 e. The van der Waals surface area contributed by atoms with Crippen molar-refractivity contribution in [3.8, 4) is 11.8 Å². The van der Waals surface area contributed by atoms with Crippen LogP contribution in [0.25, 0.3) is 0 Å². The first-order valence-electron chi connectivity index (χ1n) is 6.49. The second-order valence-corrected chi connectivity index (χ2v) is 4.52. The molecule has 0 aliphatic rings. The number of amides is 1. The monoisotopic (exact) mass is 320 g/mol. The van der Waals surface area contributed by atoms with E-state index in [2.05, 4.69) is 5.32 Å². The molecule has 0 atom stereocenters. The third-order valence-corrected chi connectivity index (χ3v) is 2.83. The maximum Gasteiger partial charge on any atom is 0.419 e. The number of hydrogen-bond acceptors (Lipinski definition) is 3. The van der Waals surface area contributed by atoms with Gasteiger partial charge in [0, 0.05) is 5.69 Å². The van der Waals surface area contributed by atoms with E-state index in [9.17, 15) is 18.0 Å². The average Bonchev–Trinajstić information content (AvgIpc) is 2.52. The summed E-state index contributed by atoms with van der Waals surface area (Å²) in [6, 6.07) is 12.7. The summed E-state index contributed by atoms with van der Waals surface area (Å²) in [6.45, 7) is -0.579. The van der Waals surface area contributed by atoms with Gasteiger partial charge in [0.05, 0.1) is 17.2 Å². The van der Waals surface area contributed by atoms with E-state index in [1.54, 1.807) is 18.2 Å². The SMILES string of the molecule is N#Cc1cccc(NC(=O)COc2ccccc2C(F)(F)F)c1. The van der Waals surface area contributed by atoms with Crippen molar-refractivity contribution in [1.29, 1.82) is 5.26 Å². The fraction of sp³-hybridized carbons (Fsp3) is 0.125. The summed E-state index contributed by atoms with van der Waals surface area (Å²) < 4.78 is 43.3. The number of para-hydroxylation sites is 1. The van der Waals surface area contributed by atoms with Crippen molar-refractivity contribution in [1.82, 2.24) is 0 Å². The number of anilines is 1. The zero-order valence-electron chi connectivity index (χ0n) is 11.7. The van der Waals surface area contributed by atoms with Gasteiger partial charge in [-0.2, -0.15) is 18.4 Å². The van der Waals surface area contributed by atoms with Gasteiger partial charge in [0.1, 0.15) is 5.75 Å². The van der Waals surface area contributed by atoms with Gasteiger partial charge in [0.15, 0.2) is 6.61 Å². The zero-order chi connectivity index (χ0) is 16.9. The molecule has 0 aliphatic heterocycles. The summed E-state index contributed by atoms with van der Waals surface area (Å²) in [5, 5.41) is 11.2. The van der Waals surface area contributed by atoms with Crippen LogP contribution in [0.3, 0.4) is 0 Å². The number of nitrogens with zero attached hydrogens (tertiary/aromatic N) is 1. The minimum atomic E-state index is -4.56. The van der Waals surface area contributed by atoms with E-state index in [1.165, 1.54) is 18.2 Å². The van der Waals surface area contributed by atoms with Crippen LogP contribution in [0.1, 0.15) is 11.1 Å². The lowest BCUT2D eigenvalue weighted by Crippen LogP contribution is -2.21. The smallest absolute Gasteiger partial charge is 0.419 e. The van der Waals surface area contributed by atoms with E-state index in [-0.39, 0.29) is 0 Å². The van der Waals surface area contributed by atoms with E-state index >= 15 is 0 Å². The lowest BCUT2D eigenvalue weighted by molar-refractivity contribution is -0.139. The number of ether oxygens (including phenoxy) is 1. The largest absolute Gasteiger partial charge is 0.483 e. The van der Waals surface area contributed by atoms with Gasteiger partial charge in [-0.25, -0.2) is 0 Å². The number of nitriles is 1. The first-order chi connectivity index (χ1) is 10.9. The highest BCUT2D eigenvalue weighted by Crippen LogP contribution is 2.35. The summed E-state index contributed by atoms with van der Waals surface area (Å²) in [5.41, 5.74) is -0.229. The average molecular weight is 320 g/mol. The van der Waals surface area contributed by atoms with Crippen molar-refractivity contribution >= 4 is 11.6 Å². The fourth-order valence-electron chi connectivity index (χ4n) is 1.83. The topological polar surface area (TPSA) is 62.1 Å². The maximum atomic E-state index is 12.8. The molecule has 0 aliphatic carbocycles. The number of nitrogens with one attached hydrogen (secondary N) is 1. The van der Waals surface area contributed by atoms with Gasteiger partial charge in [0.2, 0.25) is 0 Å². The Bertz CT molecular complexity index is 751. The Labute approximate surface area is 130 Å². The number of halogens is 3. The number of carbonyl (C=O) groups is 1. The van der Waals surface area contributed by atoms with E-state index < -0.39 is 30.0 Å². The van der Waals surface area contributed by atoms with E-state index in [1.807, 2.05) is 6.07 Å². The molecule has 0 radical (unpaired) electrons. The third kappa shape index (κ3) is 4.48. The second-order valence-electron chi connectivity index (χ2n) is 4.52. The van der Waals surface area contributed by atoms with Crippen molar-refractivity contribution in [2.24, 2.45) is 0 Å². The molecule has 0 fully saturated rings. The van der Waals surface area contributed by atoms with Crippen LogP contribution in [0.5, 0.6) is 5.75 Å². The summed E-state index contributed by atoms with van der Waals surface area (Å²) in [6.07, 6.45) is -4.56. The van der Waals surface area contributed by atoms with Crippen LogP contribution in [-0.4, -0.2) is 12.5 Å². The normalized spacial score (nSPS) is 10.7. The summed E-state index contributed by atoms with van der Waals surface area (Å²) in [4.78, 5) is 11.7. The van der Waals surface area contributed by atoms with Crippen LogP contribution in [-0.2, 0) is 11.0 Å². The van der Waals surface area contributed by atoms with E-state index in [0.717, 1.165) is 12.1 Å². The molecule has 1 N–H and O–H groups in total. The van der Waals surface area contributed by atoms with Crippen LogP contribution in [0.15, 0.2) is 48.5 Å². The van der Waals surface area contributed by atoms with Gasteiger partial charge in [-0.1, -0.05) is 18.2 Å². The molecular formula is C16H11F3N2O2. The lowest BCUT2D eigenvalue weighted by Gasteiger charge is -2.13. The molecule has 7 heteroatoms. The van der Waals surface area contributed by atoms with Crippen molar-refractivity contribution in [2.75, 3.05) is 11.9 Å². The highest BCUT2D eigenvalue weighted by molar-refractivity contribution is 5.92. The first kappa shape index (κ1) is 16.4. The Hall–Kier alpha value is -3.01. The number of hydrogen-bond donors (Lipinski definition) is 1. The number of alkyl halides is 3. The minimum absolute atomic E-state index is 0.353. The lowest BCUT2D eigenvalue weighted by atomic mass is 10.2. The molecule has 0 spiro atoms. The number of benzene rings is 2. The molecule has 0 bridgehead atoms. The zero-order valence-corrected chi connectivity index (χ0v) is 11.7. The molecule has 118 valence electrons. The van der Waals surface area contributed by atoms with Crippen LogP contribution >= 0.6 is 0 Å². The van der Waals surface area contributed by atoms with E-state index in [4.69, 9.17) is 10.00 Å². The Morgan fingerprint density at radius 2 is 1.91 bits per heavy atom. The summed E-state index contributed by atoms with van der Waals surface area (Å²) in [7, 11) is 0. The molecule has 2 rings (SSSR count). The number of carbonyl (C=O) groups excluding carboxylic acids is 1.